The quantitative estimate of drug-likeness (QED) is 0.738. The summed E-state index contributed by atoms with van der Waals surface area (Å²) in [6.45, 7) is 3.02. The molecule has 0 aliphatic rings. The van der Waals surface area contributed by atoms with E-state index in [1.54, 1.807) is 12.4 Å². The van der Waals surface area contributed by atoms with Crippen LogP contribution in [-0.4, -0.2) is 55.6 Å². The molecule has 0 atom stereocenters. The van der Waals surface area contributed by atoms with Gasteiger partial charge in [-0.05, 0) is 6.92 Å². The molecule has 102 valence electrons. The Bertz CT molecular complexity index is 475. The van der Waals surface area contributed by atoms with Crippen molar-refractivity contribution in [2.24, 2.45) is 0 Å². The Hall–Kier alpha value is -1.41. The SMILES string of the molecule is CCNc1cncc(NCCS(=O)(=O)N(C)C)n1. The fourth-order valence-electron chi connectivity index (χ4n) is 1.21. The van der Waals surface area contributed by atoms with Crippen LogP contribution in [0.4, 0.5) is 11.6 Å². The summed E-state index contributed by atoms with van der Waals surface area (Å²) >= 11 is 0. The van der Waals surface area contributed by atoms with Gasteiger partial charge in [0.2, 0.25) is 10.0 Å². The van der Waals surface area contributed by atoms with Crippen molar-refractivity contribution in [1.29, 1.82) is 0 Å². The molecule has 1 heterocycles. The second-order valence-corrected chi connectivity index (χ2v) is 6.15. The standard InChI is InChI=1S/C10H19N5O2S/c1-4-12-9-7-11-8-10(14-9)13-5-6-18(16,17)15(2)3/h7-8H,4-6H2,1-3H3,(H2,12,13,14). The van der Waals surface area contributed by atoms with Crippen molar-refractivity contribution in [3.8, 4) is 0 Å². The number of anilines is 2. The lowest BCUT2D eigenvalue weighted by molar-refractivity contribution is 0.521. The van der Waals surface area contributed by atoms with Crippen molar-refractivity contribution < 1.29 is 8.42 Å². The lowest BCUT2D eigenvalue weighted by atomic mass is 10.5. The maximum Gasteiger partial charge on any atom is 0.215 e. The minimum Gasteiger partial charge on any atom is -0.369 e. The maximum atomic E-state index is 11.5. The first kappa shape index (κ1) is 14.7. The Morgan fingerprint density at radius 3 is 2.39 bits per heavy atom. The van der Waals surface area contributed by atoms with E-state index in [-0.39, 0.29) is 5.75 Å². The molecule has 0 saturated carbocycles. The maximum absolute atomic E-state index is 11.5. The van der Waals surface area contributed by atoms with Gasteiger partial charge in [0.05, 0.1) is 18.1 Å². The zero-order chi connectivity index (χ0) is 13.6. The Morgan fingerprint density at radius 2 is 1.83 bits per heavy atom. The summed E-state index contributed by atoms with van der Waals surface area (Å²) in [5, 5.41) is 5.97. The van der Waals surface area contributed by atoms with E-state index in [9.17, 15) is 8.42 Å². The summed E-state index contributed by atoms with van der Waals surface area (Å²) in [6.07, 6.45) is 3.17. The smallest absolute Gasteiger partial charge is 0.215 e. The van der Waals surface area contributed by atoms with E-state index in [1.165, 1.54) is 18.4 Å². The Labute approximate surface area is 108 Å². The third kappa shape index (κ3) is 4.46. The van der Waals surface area contributed by atoms with E-state index >= 15 is 0 Å². The number of aromatic nitrogens is 2. The van der Waals surface area contributed by atoms with Crippen LogP contribution in [0.15, 0.2) is 12.4 Å². The first-order valence-corrected chi connectivity index (χ1v) is 7.26. The Morgan fingerprint density at radius 1 is 1.22 bits per heavy atom. The van der Waals surface area contributed by atoms with Crippen LogP contribution in [0.3, 0.4) is 0 Å². The van der Waals surface area contributed by atoms with E-state index in [0.29, 0.717) is 18.2 Å². The minimum absolute atomic E-state index is 0.0209. The average Bonchev–Trinajstić information content (AvgIpc) is 2.29. The molecule has 0 aliphatic carbocycles. The molecule has 1 aromatic heterocycles. The second kappa shape index (κ2) is 6.50. The van der Waals surface area contributed by atoms with Crippen LogP contribution in [0.5, 0.6) is 0 Å². The number of rotatable bonds is 7. The van der Waals surface area contributed by atoms with Crippen LogP contribution in [0.1, 0.15) is 6.92 Å². The number of sulfonamides is 1. The lowest BCUT2D eigenvalue weighted by Gasteiger charge is -2.12. The summed E-state index contributed by atoms with van der Waals surface area (Å²) in [6, 6.07) is 0. The highest BCUT2D eigenvalue weighted by Crippen LogP contribution is 2.06. The van der Waals surface area contributed by atoms with Gasteiger partial charge in [-0.25, -0.2) is 17.7 Å². The van der Waals surface area contributed by atoms with Crippen molar-refractivity contribution in [3.63, 3.8) is 0 Å². The third-order valence-corrected chi connectivity index (χ3v) is 4.05. The molecular formula is C10H19N5O2S. The number of hydrogen-bond acceptors (Lipinski definition) is 6. The molecule has 0 spiro atoms. The van der Waals surface area contributed by atoms with Gasteiger partial charge >= 0.3 is 0 Å². The Balaban J connectivity index is 2.51. The van der Waals surface area contributed by atoms with Gasteiger partial charge in [-0.1, -0.05) is 0 Å². The molecule has 0 aromatic carbocycles. The fourth-order valence-corrected chi connectivity index (χ4v) is 1.93. The predicted octanol–water partition coefficient (Wildman–Crippen LogP) is 0.212. The molecule has 0 amide bonds. The van der Waals surface area contributed by atoms with Crippen molar-refractivity contribution in [3.05, 3.63) is 12.4 Å². The summed E-state index contributed by atoms with van der Waals surface area (Å²) in [5.74, 6) is 1.24. The third-order valence-electron chi connectivity index (χ3n) is 2.21. The summed E-state index contributed by atoms with van der Waals surface area (Å²) in [7, 11) is -0.152. The number of hydrogen-bond donors (Lipinski definition) is 2. The van der Waals surface area contributed by atoms with Crippen molar-refractivity contribution in [2.75, 3.05) is 43.6 Å². The molecule has 18 heavy (non-hydrogen) atoms. The molecule has 0 radical (unpaired) electrons. The zero-order valence-corrected chi connectivity index (χ0v) is 11.7. The van der Waals surface area contributed by atoms with E-state index in [0.717, 1.165) is 6.54 Å². The van der Waals surface area contributed by atoms with Gasteiger partial charge in [0.1, 0.15) is 11.6 Å². The van der Waals surface area contributed by atoms with Crippen molar-refractivity contribution >= 4 is 21.7 Å². The van der Waals surface area contributed by atoms with Crippen LogP contribution < -0.4 is 10.6 Å². The van der Waals surface area contributed by atoms with Gasteiger partial charge < -0.3 is 10.6 Å². The highest BCUT2D eigenvalue weighted by Gasteiger charge is 2.12. The van der Waals surface area contributed by atoms with E-state index in [2.05, 4.69) is 20.6 Å². The highest BCUT2D eigenvalue weighted by molar-refractivity contribution is 7.89. The predicted molar refractivity (Wildman–Crippen MR) is 72.2 cm³/mol. The molecule has 0 fully saturated rings. The monoisotopic (exact) mass is 273 g/mol. The van der Waals surface area contributed by atoms with Crippen LogP contribution >= 0.6 is 0 Å². The van der Waals surface area contributed by atoms with Crippen LogP contribution in [-0.2, 0) is 10.0 Å². The molecule has 0 saturated heterocycles. The van der Waals surface area contributed by atoms with E-state index in [4.69, 9.17) is 0 Å². The van der Waals surface area contributed by atoms with Crippen LogP contribution in [0.2, 0.25) is 0 Å². The lowest BCUT2D eigenvalue weighted by Crippen LogP contribution is -2.28. The van der Waals surface area contributed by atoms with Gasteiger partial charge in [0.25, 0.3) is 0 Å². The number of nitrogens with one attached hydrogen (secondary N) is 2. The summed E-state index contributed by atoms with van der Waals surface area (Å²) < 4.78 is 24.3. The Kier molecular flexibility index (Phi) is 5.29. The fraction of sp³-hybridized carbons (Fsp3) is 0.600. The largest absolute Gasteiger partial charge is 0.369 e. The van der Waals surface area contributed by atoms with Crippen LogP contribution in [0, 0.1) is 0 Å². The topological polar surface area (TPSA) is 87.2 Å². The van der Waals surface area contributed by atoms with Crippen LogP contribution in [0.25, 0.3) is 0 Å². The van der Waals surface area contributed by atoms with E-state index < -0.39 is 10.0 Å². The molecular weight excluding hydrogens is 254 g/mol. The molecule has 2 N–H and O–H groups in total. The first-order valence-electron chi connectivity index (χ1n) is 5.65. The van der Waals surface area contributed by atoms with Gasteiger partial charge in [0.15, 0.2) is 0 Å². The molecule has 7 nitrogen and oxygen atoms in total. The molecule has 0 unspecified atom stereocenters. The number of nitrogens with zero attached hydrogens (tertiary/aromatic N) is 3. The van der Waals surface area contributed by atoms with Gasteiger partial charge in [-0.2, -0.15) is 0 Å². The molecule has 1 aromatic rings. The molecule has 0 aliphatic heterocycles. The highest BCUT2D eigenvalue weighted by atomic mass is 32.2. The minimum atomic E-state index is -3.18. The van der Waals surface area contributed by atoms with Gasteiger partial charge in [-0.3, -0.25) is 4.98 Å². The summed E-state index contributed by atoms with van der Waals surface area (Å²) in [5.41, 5.74) is 0. The van der Waals surface area contributed by atoms with E-state index in [1.807, 2.05) is 6.92 Å². The van der Waals surface area contributed by atoms with Crippen molar-refractivity contribution in [1.82, 2.24) is 14.3 Å². The normalized spacial score (nSPS) is 11.6. The zero-order valence-electron chi connectivity index (χ0n) is 10.8. The van der Waals surface area contributed by atoms with Crippen molar-refractivity contribution in [2.45, 2.75) is 6.92 Å². The van der Waals surface area contributed by atoms with Gasteiger partial charge in [0, 0.05) is 27.2 Å². The molecule has 1 rings (SSSR count). The second-order valence-electron chi connectivity index (χ2n) is 3.85. The van der Waals surface area contributed by atoms with Gasteiger partial charge in [-0.15, -0.1) is 0 Å². The average molecular weight is 273 g/mol. The molecule has 0 bridgehead atoms. The summed E-state index contributed by atoms with van der Waals surface area (Å²) in [4.78, 5) is 8.24. The first-order chi connectivity index (χ1) is 8.45. The molecule has 8 heteroatoms.